The summed E-state index contributed by atoms with van der Waals surface area (Å²) in [5, 5.41) is 8.78. The van der Waals surface area contributed by atoms with Crippen LogP contribution in [0.2, 0.25) is 0 Å². The van der Waals surface area contributed by atoms with Crippen LogP contribution in [0.15, 0.2) is 72.8 Å². The lowest BCUT2D eigenvalue weighted by Crippen LogP contribution is -2.06. The molecule has 5 heteroatoms. The van der Waals surface area contributed by atoms with Crippen molar-refractivity contribution in [3.63, 3.8) is 0 Å². The van der Waals surface area contributed by atoms with Crippen molar-refractivity contribution in [3.8, 4) is 5.75 Å². The molecule has 0 radical (unpaired) electrons. The number of para-hydroxylation sites is 1. The second-order valence-corrected chi connectivity index (χ2v) is 6.81. The number of halogens is 1. The molecule has 0 spiro atoms. The van der Waals surface area contributed by atoms with Crippen molar-refractivity contribution in [1.29, 1.82) is 0 Å². The molecule has 0 bridgehead atoms. The normalized spacial score (nSPS) is 12.1. The van der Waals surface area contributed by atoms with Crippen LogP contribution in [0.3, 0.4) is 0 Å². The standard InChI is InChI=1S/C23H20ClN3O/c1-16-7-9-17(10-8-16)20(15-24)23(18-11-13-19(28-2)14-12-18)27-22-6-4-3-5-21(22)25-26-27/h3-14H,15H2,1-2H3/b23-20+. The molecule has 0 aliphatic carbocycles. The van der Waals surface area contributed by atoms with E-state index in [2.05, 4.69) is 41.5 Å². The fourth-order valence-corrected chi connectivity index (χ4v) is 3.52. The predicted molar refractivity (Wildman–Crippen MR) is 115 cm³/mol. The summed E-state index contributed by atoms with van der Waals surface area (Å²) in [6, 6.07) is 24.2. The smallest absolute Gasteiger partial charge is 0.118 e. The highest BCUT2D eigenvalue weighted by molar-refractivity contribution is 6.25. The lowest BCUT2D eigenvalue weighted by molar-refractivity contribution is 0.415. The van der Waals surface area contributed by atoms with E-state index < -0.39 is 0 Å². The Kier molecular flexibility index (Phi) is 5.13. The van der Waals surface area contributed by atoms with Gasteiger partial charge in [-0.1, -0.05) is 47.2 Å². The summed E-state index contributed by atoms with van der Waals surface area (Å²) in [4.78, 5) is 0. The molecule has 0 saturated heterocycles. The molecule has 3 aromatic carbocycles. The molecule has 0 atom stereocenters. The van der Waals surface area contributed by atoms with E-state index in [4.69, 9.17) is 16.3 Å². The third-order valence-corrected chi connectivity index (χ3v) is 5.01. The first-order valence-corrected chi connectivity index (χ1v) is 9.56. The summed E-state index contributed by atoms with van der Waals surface area (Å²) >= 11 is 6.47. The maximum Gasteiger partial charge on any atom is 0.118 e. The quantitative estimate of drug-likeness (QED) is 0.338. The van der Waals surface area contributed by atoms with E-state index >= 15 is 0 Å². The Hall–Kier alpha value is -3.11. The van der Waals surface area contributed by atoms with Crippen LogP contribution in [-0.2, 0) is 0 Å². The lowest BCUT2D eigenvalue weighted by atomic mass is 9.99. The van der Waals surface area contributed by atoms with E-state index in [0.717, 1.165) is 39.2 Å². The molecule has 4 aromatic rings. The van der Waals surface area contributed by atoms with E-state index in [1.54, 1.807) is 7.11 Å². The van der Waals surface area contributed by atoms with Crippen LogP contribution in [0.25, 0.3) is 22.3 Å². The molecule has 140 valence electrons. The molecule has 1 heterocycles. The van der Waals surface area contributed by atoms with Crippen LogP contribution in [-0.4, -0.2) is 28.0 Å². The molecule has 0 unspecified atom stereocenters. The van der Waals surface area contributed by atoms with Crippen LogP contribution < -0.4 is 4.74 Å². The van der Waals surface area contributed by atoms with Crippen molar-refractivity contribution < 1.29 is 4.74 Å². The Labute approximate surface area is 169 Å². The Morgan fingerprint density at radius 1 is 0.929 bits per heavy atom. The highest BCUT2D eigenvalue weighted by Crippen LogP contribution is 2.31. The zero-order chi connectivity index (χ0) is 19.5. The van der Waals surface area contributed by atoms with Gasteiger partial charge in [-0.25, -0.2) is 4.68 Å². The van der Waals surface area contributed by atoms with Gasteiger partial charge in [0.15, 0.2) is 0 Å². The number of aromatic nitrogens is 3. The number of hydrogen-bond donors (Lipinski definition) is 0. The van der Waals surface area contributed by atoms with Gasteiger partial charge >= 0.3 is 0 Å². The Morgan fingerprint density at radius 3 is 2.29 bits per heavy atom. The number of alkyl halides is 1. The molecule has 0 aliphatic heterocycles. The number of nitrogens with zero attached hydrogens (tertiary/aromatic N) is 3. The summed E-state index contributed by atoms with van der Waals surface area (Å²) in [6.07, 6.45) is 0. The van der Waals surface area contributed by atoms with E-state index in [-0.39, 0.29) is 0 Å². The maximum atomic E-state index is 6.47. The number of rotatable bonds is 5. The van der Waals surface area contributed by atoms with Gasteiger partial charge in [-0.05, 0) is 48.9 Å². The molecule has 0 saturated carbocycles. The molecule has 4 nitrogen and oxygen atoms in total. The number of hydrogen-bond acceptors (Lipinski definition) is 3. The van der Waals surface area contributed by atoms with Gasteiger partial charge in [-0.15, -0.1) is 16.7 Å². The molecule has 0 amide bonds. The first-order chi connectivity index (χ1) is 13.7. The number of ether oxygens (including phenoxy) is 1. The van der Waals surface area contributed by atoms with Crippen LogP contribution in [0, 0.1) is 6.92 Å². The summed E-state index contributed by atoms with van der Waals surface area (Å²) in [5.74, 6) is 1.15. The molecule has 0 aliphatic rings. The number of methoxy groups -OCH3 is 1. The second kappa shape index (κ2) is 7.87. The first-order valence-electron chi connectivity index (χ1n) is 9.02. The van der Waals surface area contributed by atoms with Crippen molar-refractivity contribution in [2.24, 2.45) is 0 Å². The van der Waals surface area contributed by atoms with Crippen molar-refractivity contribution in [1.82, 2.24) is 15.0 Å². The van der Waals surface area contributed by atoms with Crippen molar-refractivity contribution in [2.45, 2.75) is 6.92 Å². The van der Waals surface area contributed by atoms with Crippen LogP contribution >= 0.6 is 11.6 Å². The minimum atomic E-state index is 0.346. The zero-order valence-corrected chi connectivity index (χ0v) is 16.5. The molecule has 28 heavy (non-hydrogen) atoms. The summed E-state index contributed by atoms with van der Waals surface area (Å²) in [5.41, 5.74) is 6.93. The first kappa shape index (κ1) is 18.3. The van der Waals surface area contributed by atoms with E-state index in [0.29, 0.717) is 5.88 Å². The third-order valence-electron chi connectivity index (χ3n) is 4.75. The highest BCUT2D eigenvalue weighted by Gasteiger charge is 2.17. The summed E-state index contributed by atoms with van der Waals surface area (Å²) in [6.45, 7) is 2.07. The third kappa shape index (κ3) is 3.39. The summed E-state index contributed by atoms with van der Waals surface area (Å²) in [7, 11) is 1.66. The Balaban J connectivity index is 2.00. The fourth-order valence-electron chi connectivity index (χ4n) is 3.24. The minimum absolute atomic E-state index is 0.346. The van der Waals surface area contributed by atoms with Crippen LogP contribution in [0.5, 0.6) is 5.75 Å². The van der Waals surface area contributed by atoms with Gasteiger partial charge in [-0.2, -0.15) is 0 Å². The monoisotopic (exact) mass is 389 g/mol. The maximum absolute atomic E-state index is 6.47. The van der Waals surface area contributed by atoms with Crippen molar-refractivity contribution in [3.05, 3.63) is 89.5 Å². The Morgan fingerprint density at radius 2 is 1.61 bits per heavy atom. The van der Waals surface area contributed by atoms with Crippen LogP contribution in [0.4, 0.5) is 0 Å². The minimum Gasteiger partial charge on any atom is -0.497 e. The number of fused-ring (bicyclic) bond motifs is 1. The lowest BCUT2D eigenvalue weighted by Gasteiger charge is -2.16. The molecule has 1 aromatic heterocycles. The van der Waals surface area contributed by atoms with Gasteiger partial charge in [0.25, 0.3) is 0 Å². The van der Waals surface area contributed by atoms with Gasteiger partial charge < -0.3 is 4.74 Å². The van der Waals surface area contributed by atoms with Gasteiger partial charge in [0.1, 0.15) is 11.3 Å². The molecule has 0 N–H and O–H groups in total. The average molecular weight is 390 g/mol. The zero-order valence-electron chi connectivity index (χ0n) is 15.8. The van der Waals surface area contributed by atoms with E-state index in [9.17, 15) is 0 Å². The molecular weight excluding hydrogens is 370 g/mol. The van der Waals surface area contributed by atoms with Crippen molar-refractivity contribution >= 4 is 33.9 Å². The SMILES string of the molecule is COc1ccc(/C(=C(/CCl)c2ccc(C)cc2)n2nnc3ccccc32)cc1. The number of allylic oxidation sites excluding steroid dienone is 1. The predicted octanol–water partition coefficient (Wildman–Crippen LogP) is 5.40. The van der Waals surface area contributed by atoms with E-state index in [1.807, 2.05) is 53.2 Å². The second-order valence-electron chi connectivity index (χ2n) is 6.55. The van der Waals surface area contributed by atoms with Gasteiger partial charge in [0.05, 0.1) is 24.2 Å². The van der Waals surface area contributed by atoms with Crippen molar-refractivity contribution in [2.75, 3.05) is 13.0 Å². The highest BCUT2D eigenvalue weighted by atomic mass is 35.5. The summed E-state index contributed by atoms with van der Waals surface area (Å²) < 4.78 is 7.19. The topological polar surface area (TPSA) is 39.9 Å². The van der Waals surface area contributed by atoms with Gasteiger partial charge in [-0.3, -0.25) is 0 Å². The van der Waals surface area contributed by atoms with Crippen LogP contribution in [0.1, 0.15) is 16.7 Å². The average Bonchev–Trinajstić information content (AvgIpc) is 3.17. The van der Waals surface area contributed by atoms with Gasteiger partial charge in [0.2, 0.25) is 0 Å². The fraction of sp³-hybridized carbons (Fsp3) is 0.130. The molecule has 0 fully saturated rings. The van der Waals surface area contributed by atoms with E-state index in [1.165, 1.54) is 5.56 Å². The number of benzene rings is 3. The Bertz CT molecular complexity index is 1130. The largest absolute Gasteiger partial charge is 0.497 e. The molecule has 4 rings (SSSR count). The van der Waals surface area contributed by atoms with Gasteiger partial charge in [0, 0.05) is 11.1 Å². The number of aryl methyl sites for hydroxylation is 1. The molecular formula is C23H20ClN3O.